The van der Waals surface area contributed by atoms with Gasteiger partial charge in [-0.1, -0.05) is 37.3 Å². The minimum absolute atomic E-state index is 0.212. The summed E-state index contributed by atoms with van der Waals surface area (Å²) in [5.41, 5.74) is 1.60. The fourth-order valence-electron chi connectivity index (χ4n) is 2.19. The second-order valence-electron chi connectivity index (χ2n) is 5.33. The van der Waals surface area contributed by atoms with Crippen molar-refractivity contribution in [3.63, 3.8) is 0 Å². The van der Waals surface area contributed by atoms with Crippen LogP contribution in [0.5, 0.6) is 0 Å². The highest BCUT2D eigenvalue weighted by molar-refractivity contribution is 5.15. The van der Waals surface area contributed by atoms with E-state index in [-0.39, 0.29) is 5.41 Å². The molecule has 0 heterocycles. The first-order chi connectivity index (χ1) is 8.28. The summed E-state index contributed by atoms with van der Waals surface area (Å²) in [5, 5.41) is 12.9. The van der Waals surface area contributed by atoms with Gasteiger partial charge in [0.2, 0.25) is 0 Å². The van der Waals surface area contributed by atoms with Crippen LogP contribution in [0.15, 0.2) is 30.3 Å². The van der Waals surface area contributed by atoms with Crippen LogP contribution in [-0.2, 0) is 6.42 Å². The standard InChI is InChI=1S/C15H23NO/c1-2-14(10-13-6-4-3-5-7-13)16-11-15(12-17)8-9-15/h3-7,14,16-17H,2,8-12H2,1H3. The zero-order chi connectivity index (χ0) is 12.1. The number of aliphatic hydroxyl groups excluding tert-OH is 1. The Labute approximate surface area is 104 Å². The molecule has 1 aliphatic carbocycles. The molecule has 1 atom stereocenters. The summed E-state index contributed by atoms with van der Waals surface area (Å²) in [6.07, 6.45) is 4.58. The third kappa shape index (κ3) is 3.55. The molecule has 17 heavy (non-hydrogen) atoms. The monoisotopic (exact) mass is 233 g/mol. The van der Waals surface area contributed by atoms with Crippen molar-refractivity contribution in [1.29, 1.82) is 0 Å². The topological polar surface area (TPSA) is 32.3 Å². The van der Waals surface area contributed by atoms with E-state index in [2.05, 4.69) is 42.6 Å². The summed E-state index contributed by atoms with van der Waals surface area (Å²) in [7, 11) is 0. The number of hydrogen-bond donors (Lipinski definition) is 2. The fourth-order valence-corrected chi connectivity index (χ4v) is 2.19. The molecule has 0 radical (unpaired) electrons. The normalized spacial score (nSPS) is 18.9. The van der Waals surface area contributed by atoms with Crippen LogP contribution in [-0.4, -0.2) is 24.3 Å². The molecule has 2 heteroatoms. The van der Waals surface area contributed by atoms with Crippen LogP contribution in [0.3, 0.4) is 0 Å². The largest absolute Gasteiger partial charge is 0.396 e. The predicted octanol–water partition coefficient (Wildman–Crippen LogP) is 2.37. The lowest BCUT2D eigenvalue weighted by Crippen LogP contribution is -2.36. The Bertz CT molecular complexity index is 332. The molecular weight excluding hydrogens is 210 g/mol. The third-order valence-electron chi connectivity index (χ3n) is 3.88. The number of nitrogens with one attached hydrogen (secondary N) is 1. The van der Waals surface area contributed by atoms with Crippen molar-refractivity contribution < 1.29 is 5.11 Å². The Kier molecular flexibility index (Phi) is 4.19. The average molecular weight is 233 g/mol. The third-order valence-corrected chi connectivity index (χ3v) is 3.88. The Morgan fingerprint density at radius 1 is 1.29 bits per heavy atom. The van der Waals surface area contributed by atoms with Gasteiger partial charge in [-0.15, -0.1) is 0 Å². The second kappa shape index (κ2) is 5.65. The van der Waals surface area contributed by atoms with Gasteiger partial charge >= 0.3 is 0 Å². The maximum absolute atomic E-state index is 9.29. The van der Waals surface area contributed by atoms with Gasteiger partial charge in [0.1, 0.15) is 0 Å². The van der Waals surface area contributed by atoms with E-state index < -0.39 is 0 Å². The van der Waals surface area contributed by atoms with Gasteiger partial charge in [-0.05, 0) is 31.2 Å². The van der Waals surface area contributed by atoms with Gasteiger partial charge in [-0.2, -0.15) is 0 Å². The first-order valence-electron chi connectivity index (χ1n) is 6.66. The van der Waals surface area contributed by atoms with Crippen molar-refractivity contribution >= 4 is 0 Å². The molecule has 0 bridgehead atoms. The van der Waals surface area contributed by atoms with Crippen molar-refractivity contribution in [3.8, 4) is 0 Å². The molecule has 0 saturated heterocycles. The molecule has 1 aromatic rings. The predicted molar refractivity (Wildman–Crippen MR) is 71.0 cm³/mol. The highest BCUT2D eigenvalue weighted by Crippen LogP contribution is 2.44. The van der Waals surface area contributed by atoms with E-state index in [1.807, 2.05) is 0 Å². The molecule has 94 valence electrons. The highest BCUT2D eigenvalue weighted by atomic mass is 16.3. The molecule has 1 saturated carbocycles. The van der Waals surface area contributed by atoms with Crippen LogP contribution in [0.2, 0.25) is 0 Å². The Morgan fingerprint density at radius 3 is 2.53 bits per heavy atom. The first kappa shape index (κ1) is 12.6. The lowest BCUT2D eigenvalue weighted by Gasteiger charge is -2.20. The zero-order valence-electron chi connectivity index (χ0n) is 10.7. The maximum atomic E-state index is 9.29. The molecule has 0 aromatic heterocycles. The lowest BCUT2D eigenvalue weighted by atomic mass is 10.0. The smallest absolute Gasteiger partial charge is 0.0499 e. The molecule has 2 rings (SSSR count). The summed E-state index contributed by atoms with van der Waals surface area (Å²) in [6, 6.07) is 11.1. The Hall–Kier alpha value is -0.860. The van der Waals surface area contributed by atoms with E-state index in [0.29, 0.717) is 12.6 Å². The van der Waals surface area contributed by atoms with Crippen LogP contribution in [0.1, 0.15) is 31.7 Å². The first-order valence-corrected chi connectivity index (χ1v) is 6.66. The molecule has 2 nitrogen and oxygen atoms in total. The molecule has 0 aliphatic heterocycles. The maximum Gasteiger partial charge on any atom is 0.0499 e. The van der Waals surface area contributed by atoms with Gasteiger partial charge in [-0.3, -0.25) is 0 Å². The van der Waals surface area contributed by atoms with Crippen LogP contribution < -0.4 is 5.32 Å². The van der Waals surface area contributed by atoms with E-state index in [1.54, 1.807) is 0 Å². The average Bonchev–Trinajstić information content (AvgIpc) is 3.16. The number of aliphatic hydroxyl groups is 1. The van der Waals surface area contributed by atoms with E-state index >= 15 is 0 Å². The molecule has 0 amide bonds. The second-order valence-corrected chi connectivity index (χ2v) is 5.33. The van der Waals surface area contributed by atoms with Crippen LogP contribution in [0.4, 0.5) is 0 Å². The Balaban J connectivity index is 1.81. The molecular formula is C15H23NO. The lowest BCUT2D eigenvalue weighted by molar-refractivity contribution is 0.203. The molecule has 1 fully saturated rings. The molecule has 1 unspecified atom stereocenters. The molecule has 1 aromatic carbocycles. The van der Waals surface area contributed by atoms with Gasteiger partial charge in [0, 0.05) is 24.6 Å². The fraction of sp³-hybridized carbons (Fsp3) is 0.600. The van der Waals surface area contributed by atoms with Gasteiger partial charge < -0.3 is 10.4 Å². The van der Waals surface area contributed by atoms with E-state index in [9.17, 15) is 5.11 Å². The van der Waals surface area contributed by atoms with E-state index in [4.69, 9.17) is 0 Å². The van der Waals surface area contributed by atoms with Crippen LogP contribution in [0, 0.1) is 5.41 Å². The highest BCUT2D eigenvalue weighted by Gasteiger charge is 2.41. The minimum atomic E-state index is 0.212. The van der Waals surface area contributed by atoms with Crippen molar-refractivity contribution in [2.24, 2.45) is 5.41 Å². The summed E-state index contributed by atoms with van der Waals surface area (Å²) >= 11 is 0. The van der Waals surface area contributed by atoms with Gasteiger partial charge in [0.15, 0.2) is 0 Å². The van der Waals surface area contributed by atoms with Crippen LogP contribution >= 0.6 is 0 Å². The quantitative estimate of drug-likeness (QED) is 0.758. The molecule has 0 spiro atoms. The zero-order valence-corrected chi connectivity index (χ0v) is 10.7. The minimum Gasteiger partial charge on any atom is -0.396 e. The van der Waals surface area contributed by atoms with Crippen molar-refractivity contribution in [2.75, 3.05) is 13.2 Å². The summed E-state index contributed by atoms with van der Waals surface area (Å²) in [4.78, 5) is 0. The van der Waals surface area contributed by atoms with Gasteiger partial charge in [0.25, 0.3) is 0 Å². The summed E-state index contributed by atoms with van der Waals surface area (Å²) in [5.74, 6) is 0. The number of hydrogen-bond acceptors (Lipinski definition) is 2. The van der Waals surface area contributed by atoms with E-state index in [1.165, 1.54) is 18.4 Å². The summed E-state index contributed by atoms with van der Waals surface area (Å²) < 4.78 is 0. The Morgan fingerprint density at radius 2 is 2.00 bits per heavy atom. The summed E-state index contributed by atoms with van der Waals surface area (Å²) in [6.45, 7) is 3.52. The SMILES string of the molecule is CCC(Cc1ccccc1)NCC1(CO)CC1. The van der Waals surface area contributed by atoms with Crippen molar-refractivity contribution in [2.45, 2.75) is 38.6 Å². The number of benzene rings is 1. The van der Waals surface area contributed by atoms with Crippen molar-refractivity contribution in [3.05, 3.63) is 35.9 Å². The molecule has 1 aliphatic rings. The van der Waals surface area contributed by atoms with Crippen molar-refractivity contribution in [1.82, 2.24) is 5.32 Å². The van der Waals surface area contributed by atoms with Gasteiger partial charge in [-0.25, -0.2) is 0 Å². The molecule has 2 N–H and O–H groups in total. The van der Waals surface area contributed by atoms with Crippen LogP contribution in [0.25, 0.3) is 0 Å². The number of rotatable bonds is 7. The van der Waals surface area contributed by atoms with Gasteiger partial charge in [0.05, 0.1) is 0 Å². The van der Waals surface area contributed by atoms with E-state index in [0.717, 1.165) is 19.4 Å².